The fraction of sp³-hybridized carbons (Fsp3) is 0.188. The Labute approximate surface area is 146 Å². The standard InChI is InChI=1S/C16H13BrClN3O2/c1-9-5-10(2)16(12(18)6-9)23-8-15(22)21-14-4-3-11(17)7-13(14)19-20-21/h3-7H,8H2,1-2H3. The van der Waals surface area contributed by atoms with Gasteiger partial charge in [0.1, 0.15) is 11.3 Å². The number of hydrogen-bond acceptors (Lipinski definition) is 4. The Morgan fingerprint density at radius 3 is 2.83 bits per heavy atom. The second kappa shape index (κ2) is 6.29. The van der Waals surface area contributed by atoms with Crippen LogP contribution in [0.5, 0.6) is 5.75 Å². The van der Waals surface area contributed by atoms with Gasteiger partial charge in [-0.25, -0.2) is 0 Å². The van der Waals surface area contributed by atoms with Crippen LogP contribution in [-0.4, -0.2) is 27.5 Å². The van der Waals surface area contributed by atoms with Crippen LogP contribution in [0.15, 0.2) is 34.8 Å². The van der Waals surface area contributed by atoms with Crippen LogP contribution in [-0.2, 0) is 0 Å². The largest absolute Gasteiger partial charge is 0.482 e. The molecule has 0 unspecified atom stereocenters. The summed E-state index contributed by atoms with van der Waals surface area (Å²) in [6, 6.07) is 9.16. The Balaban J connectivity index is 1.82. The molecule has 7 heteroatoms. The molecule has 0 atom stereocenters. The first-order chi connectivity index (χ1) is 11.0. The molecule has 0 saturated heterocycles. The molecule has 1 heterocycles. The molecule has 5 nitrogen and oxygen atoms in total. The molecule has 1 aromatic heterocycles. The average Bonchev–Trinajstić information content (AvgIpc) is 2.88. The highest BCUT2D eigenvalue weighted by atomic mass is 79.9. The smallest absolute Gasteiger partial charge is 0.286 e. The van der Waals surface area contributed by atoms with Gasteiger partial charge >= 0.3 is 0 Å². The number of aryl methyl sites for hydroxylation is 2. The van der Waals surface area contributed by atoms with E-state index in [1.165, 1.54) is 4.68 Å². The van der Waals surface area contributed by atoms with Crippen molar-refractivity contribution in [1.82, 2.24) is 15.0 Å². The Kier molecular flexibility index (Phi) is 4.37. The Morgan fingerprint density at radius 2 is 2.09 bits per heavy atom. The van der Waals surface area contributed by atoms with Crippen LogP contribution >= 0.6 is 27.5 Å². The van der Waals surface area contributed by atoms with Crippen LogP contribution in [0.4, 0.5) is 0 Å². The minimum atomic E-state index is -0.314. The van der Waals surface area contributed by atoms with E-state index in [1.807, 2.05) is 26.0 Å². The van der Waals surface area contributed by atoms with E-state index in [0.717, 1.165) is 15.6 Å². The van der Waals surface area contributed by atoms with Crippen molar-refractivity contribution in [2.24, 2.45) is 0 Å². The van der Waals surface area contributed by atoms with Crippen molar-refractivity contribution in [3.63, 3.8) is 0 Å². The van der Waals surface area contributed by atoms with E-state index in [4.69, 9.17) is 16.3 Å². The van der Waals surface area contributed by atoms with Crippen molar-refractivity contribution in [2.45, 2.75) is 13.8 Å². The maximum Gasteiger partial charge on any atom is 0.286 e. The number of rotatable bonds is 3. The fourth-order valence-electron chi connectivity index (χ4n) is 2.36. The van der Waals surface area contributed by atoms with Crippen LogP contribution in [0, 0.1) is 13.8 Å². The van der Waals surface area contributed by atoms with Crippen molar-refractivity contribution < 1.29 is 9.53 Å². The molecule has 3 rings (SSSR count). The highest BCUT2D eigenvalue weighted by molar-refractivity contribution is 9.10. The molecule has 0 amide bonds. The molecule has 0 bridgehead atoms. The molecule has 0 N–H and O–H groups in total. The molecule has 23 heavy (non-hydrogen) atoms. The van der Waals surface area contributed by atoms with E-state index in [0.29, 0.717) is 21.8 Å². The van der Waals surface area contributed by atoms with Gasteiger partial charge in [0.05, 0.1) is 10.5 Å². The van der Waals surface area contributed by atoms with Crippen LogP contribution in [0.2, 0.25) is 5.02 Å². The number of hydrogen-bond donors (Lipinski definition) is 0. The second-order valence-corrected chi connectivity index (χ2v) is 6.53. The van der Waals surface area contributed by atoms with Gasteiger partial charge in [0.25, 0.3) is 5.91 Å². The highest BCUT2D eigenvalue weighted by Crippen LogP contribution is 2.29. The van der Waals surface area contributed by atoms with Gasteiger partial charge < -0.3 is 4.74 Å². The fourth-order valence-corrected chi connectivity index (χ4v) is 3.09. The zero-order valence-corrected chi connectivity index (χ0v) is 14.8. The van der Waals surface area contributed by atoms with Gasteiger partial charge in [-0.15, -0.1) is 5.10 Å². The molecular weight excluding hydrogens is 382 g/mol. The molecular formula is C16H13BrClN3O2. The van der Waals surface area contributed by atoms with E-state index in [9.17, 15) is 4.79 Å². The van der Waals surface area contributed by atoms with Crippen LogP contribution in [0.25, 0.3) is 11.0 Å². The summed E-state index contributed by atoms with van der Waals surface area (Å²) in [5.41, 5.74) is 3.19. The maximum absolute atomic E-state index is 12.3. The number of ether oxygens (including phenoxy) is 1. The maximum atomic E-state index is 12.3. The minimum Gasteiger partial charge on any atom is -0.482 e. The Hall–Kier alpha value is -1.92. The zero-order valence-electron chi connectivity index (χ0n) is 12.5. The number of benzene rings is 2. The van der Waals surface area contributed by atoms with Crippen LogP contribution < -0.4 is 4.74 Å². The van der Waals surface area contributed by atoms with Gasteiger partial charge in [0.2, 0.25) is 0 Å². The third-order valence-corrected chi connectivity index (χ3v) is 4.13. The van der Waals surface area contributed by atoms with Crippen molar-refractivity contribution in [3.05, 3.63) is 51.0 Å². The lowest BCUT2D eigenvalue weighted by atomic mass is 10.1. The number of nitrogens with zero attached hydrogens (tertiary/aromatic N) is 3. The lowest BCUT2D eigenvalue weighted by molar-refractivity contribution is 0.0824. The minimum absolute atomic E-state index is 0.169. The summed E-state index contributed by atoms with van der Waals surface area (Å²) < 4.78 is 7.71. The number of aromatic nitrogens is 3. The lowest BCUT2D eigenvalue weighted by Gasteiger charge is -2.11. The quantitative estimate of drug-likeness (QED) is 0.668. The number of carbonyl (C=O) groups is 1. The van der Waals surface area contributed by atoms with Gasteiger partial charge in [-0.2, -0.15) is 4.68 Å². The molecule has 0 spiro atoms. The summed E-state index contributed by atoms with van der Waals surface area (Å²) in [5.74, 6) is 0.198. The number of carbonyl (C=O) groups excluding carboxylic acids is 1. The van der Waals surface area contributed by atoms with Crippen molar-refractivity contribution in [1.29, 1.82) is 0 Å². The first kappa shape index (κ1) is 16.0. The van der Waals surface area contributed by atoms with Gasteiger partial charge in [0.15, 0.2) is 6.61 Å². The van der Waals surface area contributed by atoms with Crippen LogP contribution in [0.3, 0.4) is 0 Å². The lowest BCUT2D eigenvalue weighted by Crippen LogP contribution is -2.20. The molecule has 2 aromatic carbocycles. The van der Waals surface area contributed by atoms with Gasteiger partial charge in [-0.1, -0.05) is 38.8 Å². The number of fused-ring (bicyclic) bond motifs is 1. The SMILES string of the molecule is Cc1cc(C)c(OCC(=O)n2nnc3cc(Br)ccc32)c(Cl)c1. The van der Waals surface area contributed by atoms with E-state index < -0.39 is 0 Å². The molecule has 0 fully saturated rings. The Morgan fingerprint density at radius 1 is 1.30 bits per heavy atom. The molecule has 0 aliphatic rings. The summed E-state index contributed by atoms with van der Waals surface area (Å²) in [5, 5.41) is 8.36. The summed E-state index contributed by atoms with van der Waals surface area (Å²) in [6.45, 7) is 3.67. The summed E-state index contributed by atoms with van der Waals surface area (Å²) in [7, 11) is 0. The topological polar surface area (TPSA) is 57.0 Å². The third-order valence-electron chi connectivity index (χ3n) is 3.36. The first-order valence-electron chi connectivity index (χ1n) is 6.89. The molecule has 0 radical (unpaired) electrons. The zero-order chi connectivity index (χ0) is 16.6. The van der Waals surface area contributed by atoms with E-state index in [-0.39, 0.29) is 12.5 Å². The molecule has 0 aliphatic carbocycles. The van der Waals surface area contributed by atoms with Gasteiger partial charge in [0, 0.05) is 4.47 Å². The molecule has 0 aliphatic heterocycles. The van der Waals surface area contributed by atoms with Crippen molar-refractivity contribution in [2.75, 3.05) is 6.61 Å². The summed E-state index contributed by atoms with van der Waals surface area (Å²) in [4.78, 5) is 12.3. The normalized spacial score (nSPS) is 11.0. The van der Waals surface area contributed by atoms with Crippen LogP contribution in [0.1, 0.15) is 15.9 Å². The summed E-state index contributed by atoms with van der Waals surface area (Å²) in [6.07, 6.45) is 0. The monoisotopic (exact) mass is 393 g/mol. The Bertz CT molecular complexity index is 884. The predicted octanol–water partition coefficient (Wildman–Crippen LogP) is 4.18. The van der Waals surface area contributed by atoms with E-state index in [1.54, 1.807) is 18.2 Å². The predicted molar refractivity (Wildman–Crippen MR) is 92.3 cm³/mol. The molecule has 3 aromatic rings. The molecule has 0 saturated carbocycles. The highest BCUT2D eigenvalue weighted by Gasteiger charge is 2.15. The second-order valence-electron chi connectivity index (χ2n) is 5.21. The first-order valence-corrected chi connectivity index (χ1v) is 8.06. The van der Waals surface area contributed by atoms with Crippen molar-refractivity contribution >= 4 is 44.5 Å². The number of halogens is 2. The third kappa shape index (κ3) is 3.23. The van der Waals surface area contributed by atoms with Crippen molar-refractivity contribution in [3.8, 4) is 5.75 Å². The average molecular weight is 395 g/mol. The van der Waals surface area contributed by atoms with Gasteiger partial charge in [-0.3, -0.25) is 4.79 Å². The van der Waals surface area contributed by atoms with E-state index >= 15 is 0 Å². The van der Waals surface area contributed by atoms with E-state index in [2.05, 4.69) is 26.2 Å². The van der Waals surface area contributed by atoms with Gasteiger partial charge in [-0.05, 0) is 49.2 Å². The summed E-state index contributed by atoms with van der Waals surface area (Å²) >= 11 is 9.54. The molecule has 118 valence electrons.